The Kier molecular flexibility index (Phi) is 7.83. The number of fused-ring (bicyclic) bond motifs is 3. The Morgan fingerprint density at radius 1 is 0.867 bits per heavy atom. The van der Waals surface area contributed by atoms with Crippen LogP contribution in [0.3, 0.4) is 0 Å². The molecule has 2 N–H and O–H groups in total. The van der Waals surface area contributed by atoms with Gasteiger partial charge in [-0.05, 0) is 80.3 Å². The molecular formula is C29H27F8NO6S. The first kappa shape index (κ1) is 33.1. The van der Waals surface area contributed by atoms with Crippen molar-refractivity contribution >= 4 is 21.7 Å². The predicted molar refractivity (Wildman–Crippen MR) is 140 cm³/mol. The van der Waals surface area contributed by atoms with Crippen molar-refractivity contribution in [2.75, 3.05) is 6.54 Å². The van der Waals surface area contributed by atoms with E-state index in [1.165, 1.54) is 4.90 Å². The van der Waals surface area contributed by atoms with Crippen LogP contribution in [0.1, 0.15) is 55.2 Å². The van der Waals surface area contributed by atoms with Crippen LogP contribution in [0.25, 0.3) is 0 Å². The normalized spacial score (nSPS) is 27.5. The highest BCUT2D eigenvalue weighted by Gasteiger charge is 2.74. The summed E-state index contributed by atoms with van der Waals surface area (Å²) in [6.45, 7) is -0.192. The summed E-state index contributed by atoms with van der Waals surface area (Å²) in [5, 5.41) is 19.6. The molecular weight excluding hydrogens is 642 g/mol. The van der Waals surface area contributed by atoms with Crippen molar-refractivity contribution in [2.24, 2.45) is 5.92 Å². The van der Waals surface area contributed by atoms with Crippen LogP contribution in [-0.4, -0.2) is 65.9 Å². The number of amides is 1. The molecule has 2 aromatic carbocycles. The summed E-state index contributed by atoms with van der Waals surface area (Å²) in [7, 11) is -4.64. The molecule has 2 aromatic rings. The van der Waals surface area contributed by atoms with Gasteiger partial charge in [-0.25, -0.2) is 22.0 Å². The summed E-state index contributed by atoms with van der Waals surface area (Å²) in [5.41, 5.74) is -10.0. The number of likely N-dealkylation sites (tertiary alicyclic amines) is 1. The number of sulfone groups is 1. The SMILES string of the molecule is O=C(C1CCC(O)(C(=O)O)CC1)N1CC[C@@]2(S(=O)(=O)c3ccc(F)cc3)c3ccc(C(F)(C(F)(F)F)C(F)(F)F)cc3CC[C@@H]12. The Morgan fingerprint density at radius 2 is 1.44 bits per heavy atom. The quantitative estimate of drug-likeness (QED) is 0.329. The van der Waals surface area contributed by atoms with Gasteiger partial charge in [0.25, 0.3) is 0 Å². The van der Waals surface area contributed by atoms with Crippen LogP contribution in [-0.2, 0) is 36.3 Å². The van der Waals surface area contributed by atoms with Gasteiger partial charge in [0.05, 0.1) is 10.9 Å². The maximum Gasteiger partial charge on any atom is 0.435 e. The van der Waals surface area contributed by atoms with Crippen molar-refractivity contribution in [3.8, 4) is 0 Å². The van der Waals surface area contributed by atoms with E-state index in [2.05, 4.69) is 0 Å². The van der Waals surface area contributed by atoms with E-state index in [0.717, 1.165) is 30.3 Å². The third-order valence-corrected chi connectivity index (χ3v) is 12.1. The van der Waals surface area contributed by atoms with Gasteiger partial charge in [0.1, 0.15) is 10.6 Å². The van der Waals surface area contributed by atoms with Gasteiger partial charge in [0.2, 0.25) is 5.91 Å². The molecule has 1 amide bonds. The van der Waals surface area contributed by atoms with Crippen LogP contribution in [0, 0.1) is 11.7 Å². The van der Waals surface area contributed by atoms with E-state index in [0.29, 0.717) is 6.07 Å². The van der Waals surface area contributed by atoms with E-state index >= 15 is 0 Å². The van der Waals surface area contributed by atoms with Gasteiger partial charge in [0.15, 0.2) is 15.4 Å². The molecule has 1 heterocycles. The largest absolute Gasteiger partial charge is 0.479 e. The van der Waals surface area contributed by atoms with E-state index in [-0.39, 0.29) is 68.7 Å². The number of carbonyl (C=O) groups is 2. The lowest BCUT2D eigenvalue weighted by molar-refractivity contribution is -0.348. The van der Waals surface area contributed by atoms with E-state index in [1.807, 2.05) is 0 Å². The molecule has 2 atom stereocenters. The molecule has 246 valence electrons. The molecule has 1 aliphatic heterocycles. The third kappa shape index (κ3) is 4.89. The number of aryl methyl sites for hydroxylation is 1. The molecule has 1 saturated heterocycles. The highest BCUT2D eigenvalue weighted by molar-refractivity contribution is 7.92. The zero-order chi connectivity index (χ0) is 33.4. The van der Waals surface area contributed by atoms with Crippen molar-refractivity contribution in [2.45, 2.75) is 84.3 Å². The lowest BCUT2D eigenvalue weighted by Crippen LogP contribution is -2.54. The molecule has 5 rings (SSSR count). The molecule has 1 saturated carbocycles. The number of hydrogen-bond acceptors (Lipinski definition) is 5. The van der Waals surface area contributed by atoms with Gasteiger partial charge >= 0.3 is 24.0 Å². The van der Waals surface area contributed by atoms with Crippen molar-refractivity contribution in [1.82, 2.24) is 4.90 Å². The smallest absolute Gasteiger partial charge is 0.435 e. The van der Waals surface area contributed by atoms with Gasteiger partial charge < -0.3 is 15.1 Å². The number of hydrogen-bond donors (Lipinski definition) is 2. The van der Waals surface area contributed by atoms with E-state index < -0.39 is 78.3 Å². The Bertz CT molecular complexity index is 1600. The van der Waals surface area contributed by atoms with Gasteiger partial charge in [-0.3, -0.25) is 4.79 Å². The average Bonchev–Trinajstić information content (AvgIpc) is 3.37. The summed E-state index contributed by atoms with van der Waals surface area (Å²) in [4.78, 5) is 26.1. The zero-order valence-corrected chi connectivity index (χ0v) is 24.1. The Balaban J connectivity index is 1.62. The fourth-order valence-electron chi connectivity index (χ4n) is 7.11. The first-order chi connectivity index (χ1) is 20.7. The molecule has 0 unspecified atom stereocenters. The minimum atomic E-state index is -6.39. The first-order valence-corrected chi connectivity index (χ1v) is 15.4. The number of alkyl halides is 7. The van der Waals surface area contributed by atoms with Crippen molar-refractivity contribution in [1.29, 1.82) is 0 Å². The van der Waals surface area contributed by atoms with Gasteiger partial charge in [-0.15, -0.1) is 0 Å². The summed E-state index contributed by atoms with van der Waals surface area (Å²) in [6, 6.07) is 3.81. The number of aliphatic carboxylic acids is 1. The number of nitrogens with zero attached hydrogens (tertiary/aromatic N) is 1. The van der Waals surface area contributed by atoms with Crippen LogP contribution in [0.15, 0.2) is 47.4 Å². The maximum absolute atomic E-state index is 15.0. The molecule has 0 radical (unpaired) electrons. The highest BCUT2D eigenvalue weighted by atomic mass is 32.2. The fraction of sp³-hybridized carbons (Fsp3) is 0.517. The molecule has 0 aromatic heterocycles. The number of halogens is 8. The standard InChI is InChI=1S/C29H27F8NO6S/c30-19-3-5-20(6-4-19)45(43,44)26-13-14-38(23(39)16-9-11-25(42,12-10-16)24(40)41)22(26)8-1-17-15-18(2-7-21(17)26)27(31,28(32,33)34)29(35,36)37/h2-7,15-16,22,42H,1,8-14H2,(H,40,41)/t16?,22-,25?,26-/m1/s1. The fourth-order valence-corrected chi connectivity index (χ4v) is 9.48. The maximum atomic E-state index is 15.0. The van der Waals surface area contributed by atoms with Crippen molar-refractivity contribution in [3.63, 3.8) is 0 Å². The van der Waals surface area contributed by atoms with Gasteiger partial charge in [-0.2, -0.15) is 26.3 Å². The molecule has 3 aliphatic rings. The number of aliphatic hydroxyl groups is 1. The molecule has 7 nitrogen and oxygen atoms in total. The zero-order valence-electron chi connectivity index (χ0n) is 23.3. The molecule has 2 aliphatic carbocycles. The first-order valence-electron chi connectivity index (χ1n) is 13.9. The predicted octanol–water partition coefficient (Wildman–Crippen LogP) is 5.34. The lowest BCUT2D eigenvalue weighted by atomic mass is 9.76. The van der Waals surface area contributed by atoms with Gasteiger partial charge in [-0.1, -0.05) is 18.2 Å². The number of benzene rings is 2. The van der Waals surface area contributed by atoms with Crippen LogP contribution in [0.2, 0.25) is 0 Å². The van der Waals surface area contributed by atoms with Crippen LogP contribution in [0.5, 0.6) is 0 Å². The number of carbonyl (C=O) groups excluding carboxylic acids is 1. The van der Waals surface area contributed by atoms with Crippen LogP contribution < -0.4 is 0 Å². The van der Waals surface area contributed by atoms with Gasteiger partial charge in [0, 0.05) is 18.0 Å². The minimum Gasteiger partial charge on any atom is -0.479 e. The van der Waals surface area contributed by atoms with E-state index in [4.69, 9.17) is 0 Å². The van der Waals surface area contributed by atoms with Crippen LogP contribution in [0.4, 0.5) is 35.1 Å². The molecule has 45 heavy (non-hydrogen) atoms. The second-order valence-electron chi connectivity index (χ2n) is 11.8. The number of carboxylic acids is 1. The molecule has 2 fully saturated rings. The second kappa shape index (κ2) is 10.6. The summed E-state index contributed by atoms with van der Waals surface area (Å²) in [5.74, 6) is -3.56. The summed E-state index contributed by atoms with van der Waals surface area (Å²) < 4.78 is 137. The molecule has 0 spiro atoms. The van der Waals surface area contributed by atoms with Crippen molar-refractivity contribution < 1.29 is 63.3 Å². The lowest BCUT2D eigenvalue weighted by Gasteiger charge is -2.44. The molecule has 16 heteroatoms. The van der Waals surface area contributed by atoms with Crippen molar-refractivity contribution in [3.05, 3.63) is 65.0 Å². The van der Waals surface area contributed by atoms with E-state index in [9.17, 15) is 63.3 Å². The highest BCUT2D eigenvalue weighted by Crippen LogP contribution is 2.57. The second-order valence-corrected chi connectivity index (χ2v) is 14.0. The average molecular weight is 670 g/mol. The Hall–Kier alpha value is -3.27. The van der Waals surface area contributed by atoms with E-state index in [1.54, 1.807) is 0 Å². The number of carboxylic acid groups (broad SMARTS) is 1. The Morgan fingerprint density at radius 3 is 1.98 bits per heavy atom. The van der Waals surface area contributed by atoms with Crippen LogP contribution >= 0.6 is 0 Å². The third-order valence-electron chi connectivity index (χ3n) is 9.51. The topological polar surface area (TPSA) is 112 Å². The summed E-state index contributed by atoms with van der Waals surface area (Å²) >= 11 is 0. The monoisotopic (exact) mass is 669 g/mol. The molecule has 0 bridgehead atoms. The minimum absolute atomic E-state index is 0.0318. The summed E-state index contributed by atoms with van der Waals surface area (Å²) in [6.07, 6.45) is -14.2. The Labute approximate surface area is 251 Å². The number of rotatable bonds is 5.